The zero-order valence-corrected chi connectivity index (χ0v) is 27.1. The molecule has 4 aromatic rings. The first-order chi connectivity index (χ1) is 21.7. The van der Waals surface area contributed by atoms with Crippen LogP contribution < -0.4 is 14.5 Å². The lowest BCUT2D eigenvalue weighted by molar-refractivity contribution is -0.385. The highest BCUT2D eigenvalue weighted by Crippen LogP contribution is 2.69. The van der Waals surface area contributed by atoms with Crippen molar-refractivity contribution in [3.63, 3.8) is 0 Å². The van der Waals surface area contributed by atoms with Crippen molar-refractivity contribution in [3.05, 3.63) is 113 Å². The number of anilines is 1. The number of aryl methyl sites for hydroxylation is 1. The van der Waals surface area contributed by atoms with Crippen LogP contribution >= 0.6 is 39.0 Å². The molecular formula is C33H26BrN3O6S2. The normalized spacial score (nSPS) is 27.8. The number of rotatable bonds is 6. The minimum Gasteiger partial charge on any atom is -0.489 e. The number of nitrogens with zero attached hydrogens (tertiary/aromatic N) is 2. The number of hydrogen-bond acceptors (Lipinski definition) is 8. The van der Waals surface area contributed by atoms with Crippen LogP contribution in [0.15, 0.2) is 81.0 Å². The Labute approximate surface area is 274 Å². The number of nitro benzene ring substituents is 1. The lowest BCUT2D eigenvalue weighted by Crippen LogP contribution is -2.42. The van der Waals surface area contributed by atoms with Gasteiger partial charge in [-0.2, -0.15) is 0 Å². The molecule has 12 heteroatoms. The van der Waals surface area contributed by atoms with E-state index in [1.165, 1.54) is 11.0 Å². The van der Waals surface area contributed by atoms with Crippen LogP contribution in [0.1, 0.15) is 33.9 Å². The van der Waals surface area contributed by atoms with Gasteiger partial charge in [-0.3, -0.25) is 29.4 Å². The number of halogens is 1. The van der Waals surface area contributed by atoms with Crippen LogP contribution in [0.2, 0.25) is 0 Å². The molecule has 4 aliphatic rings. The number of thiazole rings is 1. The lowest BCUT2D eigenvalue weighted by Gasteiger charge is -2.43. The predicted octanol–water partition coefficient (Wildman–Crippen LogP) is 6.67. The van der Waals surface area contributed by atoms with Crippen molar-refractivity contribution in [3.8, 4) is 5.75 Å². The van der Waals surface area contributed by atoms with Gasteiger partial charge in [0.2, 0.25) is 11.8 Å². The highest BCUT2D eigenvalue weighted by Gasteiger charge is 2.70. The molecule has 3 aromatic carbocycles. The first-order valence-corrected chi connectivity index (χ1v) is 17.2. The van der Waals surface area contributed by atoms with Crippen molar-refractivity contribution in [1.82, 2.24) is 4.98 Å². The van der Waals surface area contributed by atoms with E-state index in [1.54, 1.807) is 36.0 Å². The van der Waals surface area contributed by atoms with Gasteiger partial charge in [-0.05, 0) is 72.6 Å². The molecule has 7 atom stereocenters. The fourth-order valence-electron chi connectivity index (χ4n) is 8.16. The Morgan fingerprint density at radius 1 is 1.02 bits per heavy atom. The fraction of sp³-hybridized carbons (Fsp3) is 0.303. The quantitative estimate of drug-likeness (QED) is 0.135. The molecule has 2 aliphatic heterocycles. The highest BCUT2D eigenvalue weighted by atomic mass is 79.9. The van der Waals surface area contributed by atoms with Gasteiger partial charge in [-0.25, -0.2) is 0 Å². The van der Waals surface area contributed by atoms with Crippen LogP contribution in [-0.4, -0.2) is 27.0 Å². The van der Waals surface area contributed by atoms with E-state index < -0.39 is 22.7 Å². The van der Waals surface area contributed by atoms with Crippen molar-refractivity contribution in [2.75, 3.05) is 4.90 Å². The summed E-state index contributed by atoms with van der Waals surface area (Å²) in [6.45, 7) is 2.28. The molecule has 228 valence electrons. The number of fused-ring (bicyclic) bond motifs is 9. The Morgan fingerprint density at radius 3 is 2.49 bits per heavy atom. The molecule has 1 saturated heterocycles. The maximum atomic E-state index is 14.1. The number of nitrogens with one attached hydrogen (secondary N) is 1. The molecule has 1 N–H and O–H groups in total. The topological polar surface area (TPSA) is 123 Å². The molecule has 2 saturated carbocycles. The van der Waals surface area contributed by atoms with E-state index in [9.17, 15) is 24.5 Å². The second-order valence-electron chi connectivity index (χ2n) is 12.1. The zero-order valence-electron chi connectivity index (χ0n) is 23.8. The summed E-state index contributed by atoms with van der Waals surface area (Å²) in [5.74, 6) is -1.50. The Hall–Kier alpha value is -3.74. The van der Waals surface area contributed by atoms with E-state index in [-0.39, 0.29) is 52.0 Å². The number of benzene rings is 3. The number of thioether (sulfide) groups is 1. The summed E-state index contributed by atoms with van der Waals surface area (Å²) in [5.41, 5.74) is 3.19. The van der Waals surface area contributed by atoms with Crippen LogP contribution in [0.5, 0.6) is 5.75 Å². The van der Waals surface area contributed by atoms with E-state index in [1.807, 2.05) is 43.3 Å². The molecule has 5 unspecified atom stereocenters. The number of non-ortho nitro benzene ring substituents is 1. The van der Waals surface area contributed by atoms with Gasteiger partial charge in [0, 0.05) is 38.2 Å². The van der Waals surface area contributed by atoms with Gasteiger partial charge in [0.15, 0.2) is 0 Å². The van der Waals surface area contributed by atoms with E-state index in [0.717, 1.165) is 36.8 Å². The van der Waals surface area contributed by atoms with Gasteiger partial charge in [0.05, 0.1) is 27.5 Å². The van der Waals surface area contributed by atoms with Gasteiger partial charge in [0.1, 0.15) is 12.4 Å². The number of ether oxygens (including phenoxy) is 1. The third kappa shape index (κ3) is 4.44. The number of nitro groups is 1. The summed E-state index contributed by atoms with van der Waals surface area (Å²) in [6, 6.07) is 19.7. The van der Waals surface area contributed by atoms with Gasteiger partial charge in [-0.15, -0.1) is 11.8 Å². The largest absolute Gasteiger partial charge is 0.489 e. The second-order valence-corrected chi connectivity index (χ2v) is 15.3. The van der Waals surface area contributed by atoms with Gasteiger partial charge >= 0.3 is 4.87 Å². The van der Waals surface area contributed by atoms with Crippen LogP contribution in [0.4, 0.5) is 11.4 Å². The standard InChI is InChI=1S/C33H26BrN3O6S2/c1-15-4-2-3-5-16(15)14-43-23-11-10-19(37(41)42)12-20(23)24-25-21-13-22(28(25)44-30-29(24)45-33(40)35-30)27-26(21)31(38)36(32(27)39)18-8-6-17(34)7-9-18/h2-12,21-22,24-28H,13-14H2,1H3,(H,35,40)/t21-,22-,24?,25?,26?,27?,28?/m1/s1. The molecule has 0 spiro atoms. The summed E-state index contributed by atoms with van der Waals surface area (Å²) in [7, 11) is 0. The second kappa shape index (κ2) is 10.7. The number of carbonyl (C=O) groups is 2. The number of carbonyl (C=O) groups excluding carboxylic acids is 2. The first-order valence-electron chi connectivity index (χ1n) is 14.7. The van der Waals surface area contributed by atoms with Crippen molar-refractivity contribution < 1.29 is 19.2 Å². The molecule has 2 bridgehead atoms. The predicted molar refractivity (Wildman–Crippen MR) is 174 cm³/mol. The van der Waals surface area contributed by atoms with Crippen LogP contribution in [0.25, 0.3) is 0 Å². The van der Waals surface area contributed by atoms with Crippen molar-refractivity contribution in [2.45, 2.75) is 36.1 Å². The lowest BCUT2D eigenvalue weighted by atomic mass is 9.68. The molecule has 2 aliphatic carbocycles. The molecular weight excluding hydrogens is 678 g/mol. The maximum absolute atomic E-state index is 14.1. The average molecular weight is 705 g/mol. The van der Waals surface area contributed by atoms with Crippen molar-refractivity contribution in [2.24, 2.45) is 29.6 Å². The van der Waals surface area contributed by atoms with Crippen molar-refractivity contribution in [1.29, 1.82) is 0 Å². The summed E-state index contributed by atoms with van der Waals surface area (Å²) in [5, 5.41) is 12.7. The van der Waals surface area contributed by atoms with Gasteiger partial charge in [-0.1, -0.05) is 51.5 Å². The Morgan fingerprint density at radius 2 is 1.76 bits per heavy atom. The highest BCUT2D eigenvalue weighted by molar-refractivity contribution is 9.10. The number of hydrogen-bond donors (Lipinski definition) is 1. The molecule has 3 heterocycles. The Bertz CT molecular complexity index is 1960. The van der Waals surface area contributed by atoms with E-state index in [2.05, 4.69) is 20.9 Å². The minimum atomic E-state index is -0.484. The molecule has 0 radical (unpaired) electrons. The van der Waals surface area contributed by atoms with E-state index in [4.69, 9.17) is 4.74 Å². The number of amides is 2. The smallest absolute Gasteiger partial charge is 0.305 e. The number of aromatic amines is 1. The van der Waals surface area contributed by atoms with Crippen LogP contribution in [0, 0.1) is 46.6 Å². The fourth-order valence-corrected chi connectivity index (χ4v) is 11.3. The molecule has 9 nitrogen and oxygen atoms in total. The number of aromatic nitrogens is 1. The minimum absolute atomic E-state index is 0.0518. The van der Waals surface area contributed by atoms with Crippen LogP contribution in [-0.2, 0) is 16.2 Å². The summed E-state index contributed by atoms with van der Waals surface area (Å²) >= 11 is 6.12. The van der Waals surface area contributed by atoms with Gasteiger partial charge < -0.3 is 9.72 Å². The Balaban J connectivity index is 1.23. The first kappa shape index (κ1) is 28.7. The number of imide groups is 1. The zero-order chi connectivity index (χ0) is 31.1. The van der Waals surface area contributed by atoms with Gasteiger partial charge in [0.25, 0.3) is 5.69 Å². The summed E-state index contributed by atoms with van der Waals surface area (Å²) in [6.07, 6.45) is 0.716. The molecule has 45 heavy (non-hydrogen) atoms. The molecule has 1 aromatic heterocycles. The van der Waals surface area contributed by atoms with E-state index >= 15 is 0 Å². The molecule has 8 rings (SSSR count). The SMILES string of the molecule is Cc1ccccc1COc1ccc([N+](=O)[O-])cc1C1c2sc(=O)[nH]c2SC2C1[C@H]1C[C@@H]2C2C(=O)N(c3ccc(Br)cc3)C(=O)C21. The average Bonchev–Trinajstić information content (AvgIpc) is 3.76. The molecule has 3 fully saturated rings. The summed E-state index contributed by atoms with van der Waals surface area (Å²) in [4.78, 5) is 57.3. The van der Waals surface area contributed by atoms with Crippen LogP contribution in [0.3, 0.4) is 0 Å². The van der Waals surface area contributed by atoms with E-state index in [0.29, 0.717) is 23.4 Å². The monoisotopic (exact) mass is 703 g/mol. The Kier molecular flexibility index (Phi) is 6.81. The summed E-state index contributed by atoms with van der Waals surface area (Å²) < 4.78 is 7.26. The third-order valence-corrected chi connectivity index (χ3v) is 13.1. The van der Waals surface area contributed by atoms with Crippen molar-refractivity contribution >= 4 is 62.2 Å². The third-order valence-electron chi connectivity index (χ3n) is 9.99. The molecule has 2 amide bonds. The maximum Gasteiger partial charge on any atom is 0.305 e. The number of H-pyrrole nitrogens is 1.